The summed E-state index contributed by atoms with van der Waals surface area (Å²) < 4.78 is 3.59. The Balaban J connectivity index is 1.52. The van der Waals surface area contributed by atoms with Gasteiger partial charge in [-0.1, -0.05) is 24.3 Å². The lowest BCUT2D eigenvalue weighted by Crippen LogP contribution is -2.02. The van der Waals surface area contributed by atoms with Crippen LogP contribution in [0, 0.1) is 6.92 Å². The van der Waals surface area contributed by atoms with Gasteiger partial charge in [-0.05, 0) is 35.1 Å². The van der Waals surface area contributed by atoms with E-state index in [-0.39, 0.29) is 5.56 Å². The molecule has 0 aliphatic carbocycles. The summed E-state index contributed by atoms with van der Waals surface area (Å²) in [5.41, 5.74) is 4.93. The quantitative estimate of drug-likeness (QED) is 0.552. The molecule has 0 saturated carbocycles. The van der Waals surface area contributed by atoms with Gasteiger partial charge in [-0.3, -0.25) is 9.36 Å². The van der Waals surface area contributed by atoms with Crippen molar-refractivity contribution < 1.29 is 9.90 Å². The van der Waals surface area contributed by atoms with Crippen molar-refractivity contribution in [1.82, 2.24) is 19.6 Å². The van der Waals surface area contributed by atoms with Crippen molar-refractivity contribution in [1.29, 1.82) is 0 Å². The molecule has 27 heavy (non-hydrogen) atoms. The maximum Gasteiger partial charge on any atom is 0.339 e. The summed E-state index contributed by atoms with van der Waals surface area (Å²) in [5.74, 6) is -0.965. The number of thiophene rings is 1. The van der Waals surface area contributed by atoms with Crippen LogP contribution in [0.4, 0.5) is 0 Å². The third kappa shape index (κ3) is 3.83. The van der Waals surface area contributed by atoms with Crippen molar-refractivity contribution in [3.8, 4) is 11.3 Å². The Kier molecular flexibility index (Phi) is 4.60. The normalized spacial score (nSPS) is 11.0. The number of benzene rings is 1. The molecule has 0 amide bonds. The molecule has 1 aromatic carbocycles. The summed E-state index contributed by atoms with van der Waals surface area (Å²) >= 11 is 1.52. The predicted octanol–water partition coefficient (Wildman–Crippen LogP) is 3.91. The monoisotopic (exact) mass is 378 g/mol. The van der Waals surface area contributed by atoms with Crippen LogP contribution in [0.25, 0.3) is 11.3 Å². The lowest BCUT2D eigenvalue weighted by molar-refractivity contribution is 0.0697. The number of carboxylic acids is 1. The molecular formula is C20H18N4O2S. The number of carboxylic acid groups (broad SMARTS) is 1. The third-order valence-corrected chi connectivity index (χ3v) is 4.94. The smallest absolute Gasteiger partial charge is 0.339 e. The largest absolute Gasteiger partial charge is 0.478 e. The van der Waals surface area contributed by atoms with Crippen LogP contribution in [0.3, 0.4) is 0 Å². The summed E-state index contributed by atoms with van der Waals surface area (Å²) in [7, 11) is 0. The van der Waals surface area contributed by atoms with Crippen molar-refractivity contribution in [3.63, 3.8) is 0 Å². The first-order chi connectivity index (χ1) is 13.1. The molecule has 0 saturated heterocycles. The molecule has 4 rings (SSSR count). The van der Waals surface area contributed by atoms with Gasteiger partial charge in [0, 0.05) is 23.3 Å². The minimum atomic E-state index is -0.965. The van der Waals surface area contributed by atoms with E-state index in [4.69, 9.17) is 0 Å². The SMILES string of the molecule is Cc1cnn(Cc2ccc(Cn3cc(C(=O)O)c(-c4ccsc4)n3)cc2)c1. The second-order valence-corrected chi connectivity index (χ2v) is 7.22. The highest BCUT2D eigenvalue weighted by molar-refractivity contribution is 7.08. The Morgan fingerprint density at radius 1 is 1.07 bits per heavy atom. The number of nitrogens with zero attached hydrogens (tertiary/aromatic N) is 4. The number of aryl methyl sites for hydroxylation is 1. The molecule has 0 fully saturated rings. The van der Waals surface area contributed by atoms with E-state index in [1.165, 1.54) is 11.3 Å². The summed E-state index contributed by atoms with van der Waals surface area (Å²) in [5, 5.41) is 22.1. The van der Waals surface area contributed by atoms with Gasteiger partial charge in [0.25, 0.3) is 0 Å². The van der Waals surface area contributed by atoms with Gasteiger partial charge in [0.1, 0.15) is 11.3 Å². The molecule has 0 unspecified atom stereocenters. The number of aromatic carboxylic acids is 1. The van der Waals surface area contributed by atoms with Gasteiger partial charge in [-0.25, -0.2) is 4.79 Å². The standard InChI is InChI=1S/C20H18N4O2S/c1-14-8-21-23(9-14)10-15-2-4-16(5-3-15)11-24-12-18(20(25)26)19(22-24)17-6-7-27-13-17/h2-9,12-13H,10-11H2,1H3,(H,25,26). The molecule has 3 aromatic heterocycles. The zero-order valence-corrected chi connectivity index (χ0v) is 15.6. The minimum Gasteiger partial charge on any atom is -0.478 e. The zero-order chi connectivity index (χ0) is 18.8. The Morgan fingerprint density at radius 2 is 1.78 bits per heavy atom. The highest BCUT2D eigenvalue weighted by Crippen LogP contribution is 2.24. The van der Waals surface area contributed by atoms with Crippen LogP contribution in [-0.2, 0) is 13.1 Å². The van der Waals surface area contributed by atoms with Gasteiger partial charge < -0.3 is 5.11 Å². The van der Waals surface area contributed by atoms with Crippen LogP contribution < -0.4 is 0 Å². The van der Waals surface area contributed by atoms with Crippen molar-refractivity contribution in [2.75, 3.05) is 0 Å². The van der Waals surface area contributed by atoms with Gasteiger partial charge in [0.05, 0.1) is 19.3 Å². The van der Waals surface area contributed by atoms with E-state index in [2.05, 4.69) is 22.3 Å². The first-order valence-corrected chi connectivity index (χ1v) is 9.43. The second kappa shape index (κ2) is 7.20. The summed E-state index contributed by atoms with van der Waals surface area (Å²) in [6.07, 6.45) is 5.45. The third-order valence-electron chi connectivity index (χ3n) is 4.26. The highest BCUT2D eigenvalue weighted by atomic mass is 32.1. The van der Waals surface area contributed by atoms with Crippen molar-refractivity contribution in [2.45, 2.75) is 20.0 Å². The van der Waals surface area contributed by atoms with Crippen LogP contribution in [0.1, 0.15) is 27.0 Å². The lowest BCUT2D eigenvalue weighted by Gasteiger charge is -2.05. The molecule has 0 radical (unpaired) electrons. The first-order valence-electron chi connectivity index (χ1n) is 8.48. The summed E-state index contributed by atoms with van der Waals surface area (Å²) in [4.78, 5) is 11.5. The molecule has 3 heterocycles. The van der Waals surface area contributed by atoms with Crippen LogP contribution >= 0.6 is 11.3 Å². The van der Waals surface area contributed by atoms with Crippen molar-refractivity contribution in [3.05, 3.63) is 81.9 Å². The molecule has 1 N–H and O–H groups in total. The van der Waals surface area contributed by atoms with E-state index in [1.54, 1.807) is 10.9 Å². The Hall–Kier alpha value is -3.19. The Bertz CT molecular complexity index is 1060. The number of hydrogen-bond donors (Lipinski definition) is 1. The van der Waals surface area contributed by atoms with E-state index < -0.39 is 5.97 Å². The average molecular weight is 378 g/mol. The molecule has 7 heteroatoms. The van der Waals surface area contributed by atoms with E-state index in [1.807, 2.05) is 53.0 Å². The fourth-order valence-electron chi connectivity index (χ4n) is 2.95. The topological polar surface area (TPSA) is 72.9 Å². The van der Waals surface area contributed by atoms with Crippen molar-refractivity contribution in [2.24, 2.45) is 0 Å². The summed E-state index contributed by atoms with van der Waals surface area (Å²) in [6.45, 7) is 3.26. The molecule has 0 aliphatic rings. The molecule has 0 bridgehead atoms. The second-order valence-electron chi connectivity index (χ2n) is 6.44. The number of carbonyl (C=O) groups is 1. The zero-order valence-electron chi connectivity index (χ0n) is 14.7. The molecule has 0 spiro atoms. The predicted molar refractivity (Wildman–Crippen MR) is 104 cm³/mol. The van der Waals surface area contributed by atoms with Crippen LogP contribution in [0.15, 0.2) is 59.7 Å². The molecule has 0 aliphatic heterocycles. The van der Waals surface area contributed by atoms with Crippen LogP contribution in [0.2, 0.25) is 0 Å². The highest BCUT2D eigenvalue weighted by Gasteiger charge is 2.17. The Labute approximate surface area is 160 Å². The van der Waals surface area contributed by atoms with Gasteiger partial charge in [0.2, 0.25) is 0 Å². The lowest BCUT2D eigenvalue weighted by atomic mass is 10.1. The number of rotatable bonds is 6. The van der Waals surface area contributed by atoms with Crippen LogP contribution in [-0.4, -0.2) is 30.6 Å². The molecule has 6 nitrogen and oxygen atoms in total. The van der Waals surface area contributed by atoms with Crippen LogP contribution in [0.5, 0.6) is 0 Å². The first kappa shape index (κ1) is 17.2. The fraction of sp³-hybridized carbons (Fsp3) is 0.150. The minimum absolute atomic E-state index is 0.221. The molecular weight excluding hydrogens is 360 g/mol. The van der Waals surface area contributed by atoms with Gasteiger partial charge in [0.15, 0.2) is 0 Å². The van der Waals surface area contributed by atoms with E-state index in [0.29, 0.717) is 12.2 Å². The Morgan fingerprint density at radius 3 is 2.33 bits per heavy atom. The van der Waals surface area contributed by atoms with E-state index >= 15 is 0 Å². The number of hydrogen-bond acceptors (Lipinski definition) is 4. The molecule has 136 valence electrons. The number of aromatic nitrogens is 4. The van der Waals surface area contributed by atoms with E-state index in [0.717, 1.165) is 28.8 Å². The fourth-order valence-corrected chi connectivity index (χ4v) is 3.59. The maximum atomic E-state index is 11.5. The van der Waals surface area contributed by atoms with Crippen molar-refractivity contribution >= 4 is 17.3 Å². The summed E-state index contributed by atoms with van der Waals surface area (Å²) in [6, 6.07) is 10.1. The average Bonchev–Trinajstić information content (AvgIpc) is 3.37. The van der Waals surface area contributed by atoms with Gasteiger partial charge >= 0.3 is 5.97 Å². The molecule has 0 atom stereocenters. The van der Waals surface area contributed by atoms with Gasteiger partial charge in [-0.15, -0.1) is 0 Å². The molecule has 4 aromatic rings. The van der Waals surface area contributed by atoms with E-state index in [9.17, 15) is 9.90 Å². The van der Waals surface area contributed by atoms with Gasteiger partial charge in [-0.2, -0.15) is 21.5 Å². The maximum absolute atomic E-state index is 11.5.